The molecule has 0 radical (unpaired) electrons. The van der Waals surface area contributed by atoms with Crippen LogP contribution < -0.4 is 29.6 Å². The van der Waals surface area contributed by atoms with Crippen molar-refractivity contribution in [3.63, 3.8) is 0 Å². The van der Waals surface area contributed by atoms with E-state index in [9.17, 15) is 14.9 Å². The van der Waals surface area contributed by atoms with Crippen LogP contribution in [0.2, 0.25) is 0 Å². The number of nitroso groups, excluding NO2 is 1. The number of hydrogen-bond donors (Lipinski definition) is 0. The summed E-state index contributed by atoms with van der Waals surface area (Å²) >= 11 is 0. The van der Waals surface area contributed by atoms with E-state index in [2.05, 4.69) is 5.29 Å². The maximum atomic E-state index is 11.8. The Kier molecular flexibility index (Phi) is 7.83. The first-order chi connectivity index (χ1) is 8.33. The summed E-state index contributed by atoms with van der Waals surface area (Å²) in [5, 5.41) is 14.6. The second-order valence-corrected chi connectivity index (χ2v) is 5.11. The molecule has 1 aliphatic heterocycles. The Balaban J connectivity index is 0.00000324. The van der Waals surface area contributed by atoms with Gasteiger partial charge in [-0.3, -0.25) is 5.28 Å². The molecule has 0 N–H and O–H groups in total. The van der Waals surface area contributed by atoms with E-state index in [4.69, 9.17) is 4.74 Å². The van der Waals surface area contributed by atoms with Gasteiger partial charge in [0.1, 0.15) is 5.60 Å². The van der Waals surface area contributed by atoms with Gasteiger partial charge >= 0.3 is 35.7 Å². The smallest absolute Gasteiger partial charge is 0.724 e. The van der Waals surface area contributed by atoms with Gasteiger partial charge in [0.15, 0.2) is 0 Å². The van der Waals surface area contributed by atoms with Gasteiger partial charge in [-0.15, -0.1) is 4.91 Å². The molecule has 0 aromatic heterocycles. The van der Waals surface area contributed by atoms with Crippen LogP contribution in [-0.2, 0) is 4.74 Å². The first-order valence-corrected chi connectivity index (χ1v) is 5.87. The van der Waals surface area contributed by atoms with E-state index in [1.54, 1.807) is 20.8 Å². The third-order valence-electron chi connectivity index (χ3n) is 2.44. The number of hydrazine groups is 1. The molecule has 104 valence electrons. The van der Waals surface area contributed by atoms with Gasteiger partial charge in [-0.2, -0.15) is 0 Å². The normalized spacial score (nSPS) is 17.2. The number of amides is 1. The summed E-state index contributed by atoms with van der Waals surface area (Å²) in [7, 11) is 0. The molecule has 0 bridgehead atoms. The van der Waals surface area contributed by atoms with E-state index >= 15 is 0 Å². The third kappa shape index (κ3) is 6.53. The van der Waals surface area contributed by atoms with Crippen LogP contribution in [0, 0.1) is 10.1 Å². The van der Waals surface area contributed by atoms with Crippen molar-refractivity contribution in [2.24, 2.45) is 5.29 Å². The molecular formula is C10H19N4NaO4. The molecule has 0 unspecified atom stereocenters. The molecule has 0 aromatic rings. The number of carbonyl (C=O) groups excluding carboxylic acids is 1. The second-order valence-electron chi connectivity index (χ2n) is 5.11. The Bertz CT molecular complexity index is 310. The monoisotopic (exact) mass is 282 g/mol. The molecule has 1 rings (SSSR count). The molecule has 19 heavy (non-hydrogen) atoms. The second kappa shape index (κ2) is 8.01. The first kappa shape index (κ1) is 18.6. The maximum absolute atomic E-state index is 11.8. The van der Waals surface area contributed by atoms with Crippen LogP contribution in [0.15, 0.2) is 5.29 Å². The van der Waals surface area contributed by atoms with E-state index in [1.807, 2.05) is 0 Å². The van der Waals surface area contributed by atoms with E-state index in [1.165, 1.54) is 9.91 Å². The third-order valence-corrected chi connectivity index (χ3v) is 2.44. The molecule has 1 amide bonds. The minimum absolute atomic E-state index is 0. The zero-order valence-electron chi connectivity index (χ0n) is 12.0. The number of hydrogen-bond acceptors (Lipinski definition) is 6. The van der Waals surface area contributed by atoms with Crippen LogP contribution in [0.5, 0.6) is 0 Å². The van der Waals surface area contributed by atoms with Crippen molar-refractivity contribution in [3.8, 4) is 0 Å². The minimum Gasteiger partial charge on any atom is -0.724 e. The fraction of sp³-hybridized carbons (Fsp3) is 0.900. The fourth-order valence-electron chi connectivity index (χ4n) is 1.64. The predicted molar refractivity (Wildman–Crippen MR) is 65.0 cm³/mol. The van der Waals surface area contributed by atoms with Gasteiger partial charge in [0.2, 0.25) is 0 Å². The van der Waals surface area contributed by atoms with E-state index in [0.717, 1.165) is 0 Å². The van der Waals surface area contributed by atoms with E-state index in [-0.39, 0.29) is 41.4 Å². The quantitative estimate of drug-likeness (QED) is 0.342. The SMILES string of the molecule is CC(C)(C)OC(=O)N1CCCN(N([O-])N=O)CC1.[Na+]. The Morgan fingerprint density at radius 2 is 1.89 bits per heavy atom. The standard InChI is InChI=1S/C10H19N4O4.Na/c1-10(2,3)18-9(15)12-5-4-6-13(8-7-12)14(17)11-16;/h4-8H2,1-3H3;/q-1;+1. The number of carbonyl (C=O) groups is 1. The molecule has 1 aliphatic rings. The average Bonchev–Trinajstić information content (AvgIpc) is 2.51. The fourth-order valence-corrected chi connectivity index (χ4v) is 1.64. The van der Waals surface area contributed by atoms with Crippen molar-refractivity contribution in [1.29, 1.82) is 0 Å². The summed E-state index contributed by atoms with van der Waals surface area (Å²) in [5.41, 5.74) is -0.544. The van der Waals surface area contributed by atoms with Gasteiger partial charge in [0, 0.05) is 26.2 Å². The molecule has 1 fully saturated rings. The molecule has 0 aliphatic carbocycles. The zero-order valence-corrected chi connectivity index (χ0v) is 14.0. The van der Waals surface area contributed by atoms with Crippen molar-refractivity contribution in [3.05, 3.63) is 10.1 Å². The Labute approximate surface area is 134 Å². The van der Waals surface area contributed by atoms with Crippen LogP contribution in [0.3, 0.4) is 0 Å². The van der Waals surface area contributed by atoms with Crippen molar-refractivity contribution in [2.75, 3.05) is 26.2 Å². The minimum atomic E-state index is -0.544. The average molecular weight is 282 g/mol. The Morgan fingerprint density at radius 1 is 1.26 bits per heavy atom. The molecule has 1 saturated heterocycles. The summed E-state index contributed by atoms with van der Waals surface area (Å²) in [5.74, 6) is 0. The van der Waals surface area contributed by atoms with E-state index < -0.39 is 11.7 Å². The van der Waals surface area contributed by atoms with Crippen LogP contribution in [-0.4, -0.2) is 53.1 Å². The van der Waals surface area contributed by atoms with Gasteiger partial charge in [0.05, 0.1) is 5.29 Å². The van der Waals surface area contributed by atoms with Gasteiger partial charge in [-0.25, -0.2) is 9.80 Å². The number of rotatable bonds is 2. The van der Waals surface area contributed by atoms with Gasteiger partial charge in [-0.1, -0.05) is 0 Å². The number of ether oxygens (including phenoxy) is 1. The summed E-state index contributed by atoms with van der Waals surface area (Å²) in [6, 6.07) is 0. The largest absolute Gasteiger partial charge is 1.00 e. The van der Waals surface area contributed by atoms with Crippen molar-refractivity contribution in [1.82, 2.24) is 15.2 Å². The zero-order chi connectivity index (χ0) is 13.8. The molecular weight excluding hydrogens is 263 g/mol. The molecule has 1 heterocycles. The summed E-state index contributed by atoms with van der Waals surface area (Å²) < 4.78 is 5.25. The van der Waals surface area contributed by atoms with Crippen LogP contribution >= 0.6 is 0 Å². The van der Waals surface area contributed by atoms with Gasteiger partial charge < -0.3 is 14.8 Å². The number of nitrogens with zero attached hydrogens (tertiary/aromatic N) is 4. The van der Waals surface area contributed by atoms with Gasteiger partial charge in [-0.05, 0) is 27.2 Å². The molecule has 0 spiro atoms. The summed E-state index contributed by atoms with van der Waals surface area (Å²) in [6.45, 7) is 6.89. The summed E-state index contributed by atoms with van der Waals surface area (Å²) in [4.78, 5) is 23.5. The van der Waals surface area contributed by atoms with Crippen molar-refractivity contribution < 1.29 is 39.1 Å². The van der Waals surface area contributed by atoms with Crippen LogP contribution in [0.1, 0.15) is 27.2 Å². The Morgan fingerprint density at radius 3 is 2.42 bits per heavy atom. The molecule has 8 nitrogen and oxygen atoms in total. The van der Waals surface area contributed by atoms with Crippen molar-refractivity contribution >= 4 is 6.09 Å². The van der Waals surface area contributed by atoms with Crippen LogP contribution in [0.25, 0.3) is 0 Å². The summed E-state index contributed by atoms with van der Waals surface area (Å²) in [6.07, 6.45) is 0.189. The Hall–Kier alpha value is -0.410. The predicted octanol–water partition coefficient (Wildman–Crippen LogP) is -1.67. The molecule has 0 atom stereocenters. The molecule has 0 saturated carbocycles. The topological polar surface area (TPSA) is 88.5 Å². The molecule has 0 aromatic carbocycles. The van der Waals surface area contributed by atoms with E-state index in [0.29, 0.717) is 26.1 Å². The van der Waals surface area contributed by atoms with Crippen molar-refractivity contribution in [2.45, 2.75) is 32.8 Å². The van der Waals surface area contributed by atoms with Gasteiger partial charge in [0.25, 0.3) is 0 Å². The first-order valence-electron chi connectivity index (χ1n) is 5.87. The maximum Gasteiger partial charge on any atom is 1.00 e. The molecule has 9 heteroatoms. The van der Waals surface area contributed by atoms with Crippen LogP contribution in [0.4, 0.5) is 4.79 Å².